The molecule has 1 aliphatic heterocycles. The second-order valence-electron chi connectivity index (χ2n) is 5.97. The van der Waals surface area contributed by atoms with Gasteiger partial charge in [-0.15, -0.1) is 0 Å². The first-order valence-corrected chi connectivity index (χ1v) is 8.53. The molecule has 2 aromatic carbocycles. The van der Waals surface area contributed by atoms with Crippen LogP contribution in [-0.2, 0) is 11.3 Å². The molecule has 136 valence electrons. The highest BCUT2D eigenvalue weighted by Crippen LogP contribution is 2.32. The zero-order valence-corrected chi connectivity index (χ0v) is 14.8. The number of benzene rings is 2. The van der Waals surface area contributed by atoms with E-state index in [-0.39, 0.29) is 18.5 Å². The fourth-order valence-electron chi connectivity index (χ4n) is 2.56. The Hall–Kier alpha value is -3.02. The molecule has 0 radical (unpaired) electrons. The Labute approximate surface area is 152 Å². The summed E-state index contributed by atoms with van der Waals surface area (Å²) in [7, 11) is 0. The summed E-state index contributed by atoms with van der Waals surface area (Å²) >= 11 is 0. The van der Waals surface area contributed by atoms with Crippen molar-refractivity contribution < 1.29 is 23.8 Å². The molecule has 26 heavy (non-hydrogen) atoms. The highest BCUT2D eigenvalue weighted by molar-refractivity contribution is 5.95. The van der Waals surface area contributed by atoms with E-state index in [0.29, 0.717) is 35.8 Å². The van der Waals surface area contributed by atoms with Gasteiger partial charge in [0.1, 0.15) is 5.75 Å². The first-order chi connectivity index (χ1) is 12.6. The van der Waals surface area contributed by atoms with E-state index in [2.05, 4.69) is 5.32 Å². The number of nitrogens with one attached hydrogen (secondary N) is 1. The van der Waals surface area contributed by atoms with Crippen LogP contribution in [0.3, 0.4) is 0 Å². The topological polar surface area (TPSA) is 73.9 Å². The zero-order valence-electron chi connectivity index (χ0n) is 14.8. The summed E-state index contributed by atoms with van der Waals surface area (Å²) in [5.74, 6) is 1.79. The predicted octanol–water partition coefficient (Wildman–Crippen LogP) is 3.09. The SMILES string of the molecule is CCC(=O)c1ccc(O[C@@H](C)C(=O)NCc2ccc3c(c2)OCO3)cc1. The number of carbonyl (C=O) groups excluding carboxylic acids is 2. The van der Waals surface area contributed by atoms with Crippen LogP contribution in [0.2, 0.25) is 0 Å². The third kappa shape index (κ3) is 4.14. The molecule has 0 saturated heterocycles. The molecule has 0 bridgehead atoms. The predicted molar refractivity (Wildman–Crippen MR) is 95.6 cm³/mol. The van der Waals surface area contributed by atoms with Gasteiger partial charge in [0.25, 0.3) is 5.91 Å². The van der Waals surface area contributed by atoms with Crippen LogP contribution in [0.15, 0.2) is 42.5 Å². The van der Waals surface area contributed by atoms with Crippen molar-refractivity contribution in [2.45, 2.75) is 32.9 Å². The average Bonchev–Trinajstić information content (AvgIpc) is 3.13. The number of fused-ring (bicyclic) bond motifs is 1. The third-order valence-electron chi connectivity index (χ3n) is 4.08. The summed E-state index contributed by atoms with van der Waals surface area (Å²) in [5, 5.41) is 2.83. The number of hydrogen-bond acceptors (Lipinski definition) is 5. The Morgan fingerprint density at radius 1 is 1.12 bits per heavy atom. The molecule has 6 nitrogen and oxygen atoms in total. The fourth-order valence-corrected chi connectivity index (χ4v) is 2.56. The minimum Gasteiger partial charge on any atom is -0.481 e. The molecule has 0 aromatic heterocycles. The maximum Gasteiger partial charge on any atom is 0.261 e. The molecular formula is C20H21NO5. The monoisotopic (exact) mass is 355 g/mol. The van der Waals surface area contributed by atoms with Crippen molar-refractivity contribution in [1.82, 2.24) is 5.32 Å². The minimum absolute atomic E-state index is 0.0751. The smallest absolute Gasteiger partial charge is 0.261 e. The van der Waals surface area contributed by atoms with Crippen LogP contribution in [0.25, 0.3) is 0 Å². The Morgan fingerprint density at radius 3 is 2.58 bits per heavy atom. The van der Waals surface area contributed by atoms with Gasteiger partial charge in [0.2, 0.25) is 6.79 Å². The van der Waals surface area contributed by atoms with Crippen LogP contribution < -0.4 is 19.5 Å². The molecule has 1 amide bonds. The van der Waals surface area contributed by atoms with Gasteiger partial charge in [0.15, 0.2) is 23.4 Å². The molecule has 6 heteroatoms. The summed E-state index contributed by atoms with van der Waals surface area (Å²) in [6, 6.07) is 12.4. The normalized spacial score (nSPS) is 13.2. The van der Waals surface area contributed by atoms with Crippen molar-refractivity contribution in [3.63, 3.8) is 0 Å². The van der Waals surface area contributed by atoms with Gasteiger partial charge < -0.3 is 19.5 Å². The summed E-state index contributed by atoms with van der Waals surface area (Å²) in [6.07, 6.45) is -0.199. The van der Waals surface area contributed by atoms with Crippen LogP contribution in [-0.4, -0.2) is 24.6 Å². The lowest BCUT2D eigenvalue weighted by Gasteiger charge is -2.15. The van der Waals surface area contributed by atoms with Crippen molar-refractivity contribution in [1.29, 1.82) is 0 Å². The van der Waals surface area contributed by atoms with E-state index in [9.17, 15) is 9.59 Å². The zero-order chi connectivity index (χ0) is 18.5. The molecule has 0 aliphatic carbocycles. The van der Waals surface area contributed by atoms with Crippen LogP contribution in [0.5, 0.6) is 17.2 Å². The molecule has 1 aliphatic rings. The van der Waals surface area contributed by atoms with Gasteiger partial charge in [-0.2, -0.15) is 0 Å². The third-order valence-corrected chi connectivity index (χ3v) is 4.08. The molecule has 0 fully saturated rings. The van der Waals surface area contributed by atoms with E-state index in [1.54, 1.807) is 31.2 Å². The number of ketones is 1. The van der Waals surface area contributed by atoms with Gasteiger partial charge in [-0.05, 0) is 48.9 Å². The highest BCUT2D eigenvalue weighted by Gasteiger charge is 2.16. The molecule has 0 unspecified atom stereocenters. The van der Waals surface area contributed by atoms with E-state index >= 15 is 0 Å². The van der Waals surface area contributed by atoms with Crippen LogP contribution in [0, 0.1) is 0 Å². The number of amides is 1. The Bertz CT molecular complexity index is 800. The second-order valence-corrected chi connectivity index (χ2v) is 5.97. The van der Waals surface area contributed by atoms with Gasteiger partial charge in [-0.3, -0.25) is 9.59 Å². The van der Waals surface area contributed by atoms with E-state index in [1.807, 2.05) is 25.1 Å². The van der Waals surface area contributed by atoms with Crippen molar-refractivity contribution in [3.05, 3.63) is 53.6 Å². The summed E-state index contributed by atoms with van der Waals surface area (Å²) in [6.45, 7) is 4.09. The van der Waals surface area contributed by atoms with Crippen molar-refractivity contribution in [2.24, 2.45) is 0 Å². The van der Waals surface area contributed by atoms with Gasteiger partial charge in [0.05, 0.1) is 0 Å². The van der Waals surface area contributed by atoms with Crippen molar-refractivity contribution in [3.8, 4) is 17.2 Å². The number of rotatable bonds is 7. The molecule has 1 atom stereocenters. The van der Waals surface area contributed by atoms with Gasteiger partial charge in [-0.25, -0.2) is 0 Å². The van der Waals surface area contributed by atoms with E-state index < -0.39 is 6.10 Å². The van der Waals surface area contributed by atoms with Gasteiger partial charge >= 0.3 is 0 Å². The Kier molecular flexibility index (Phi) is 5.41. The van der Waals surface area contributed by atoms with Crippen molar-refractivity contribution >= 4 is 11.7 Å². The van der Waals surface area contributed by atoms with Crippen LogP contribution in [0.1, 0.15) is 36.2 Å². The maximum atomic E-state index is 12.2. The molecule has 0 saturated carbocycles. The lowest BCUT2D eigenvalue weighted by atomic mass is 10.1. The minimum atomic E-state index is -0.656. The Balaban J connectivity index is 1.52. The number of Topliss-reactive ketones (excluding diaryl/α,β-unsaturated/α-hetero) is 1. The first kappa shape index (κ1) is 17.8. The van der Waals surface area contributed by atoms with E-state index in [0.717, 1.165) is 5.56 Å². The number of hydrogen-bond donors (Lipinski definition) is 1. The standard InChI is InChI=1S/C20H21NO5/c1-3-17(22)15-5-7-16(8-6-15)26-13(2)20(23)21-11-14-4-9-18-19(10-14)25-12-24-18/h4-10,13H,3,11-12H2,1-2H3,(H,21,23)/t13-/m0/s1. The number of ether oxygens (including phenoxy) is 3. The van der Waals surface area contributed by atoms with Crippen LogP contribution >= 0.6 is 0 Å². The summed E-state index contributed by atoms with van der Waals surface area (Å²) < 4.78 is 16.2. The molecule has 1 N–H and O–H groups in total. The molecule has 1 heterocycles. The summed E-state index contributed by atoms with van der Waals surface area (Å²) in [4.78, 5) is 23.9. The fraction of sp³-hybridized carbons (Fsp3) is 0.300. The second kappa shape index (κ2) is 7.91. The Morgan fingerprint density at radius 2 is 1.85 bits per heavy atom. The molecule has 2 aromatic rings. The molecule has 3 rings (SSSR count). The van der Waals surface area contributed by atoms with E-state index in [4.69, 9.17) is 14.2 Å². The van der Waals surface area contributed by atoms with Gasteiger partial charge in [0, 0.05) is 18.5 Å². The number of carbonyl (C=O) groups is 2. The lowest BCUT2D eigenvalue weighted by molar-refractivity contribution is -0.127. The van der Waals surface area contributed by atoms with Gasteiger partial charge in [-0.1, -0.05) is 13.0 Å². The average molecular weight is 355 g/mol. The largest absolute Gasteiger partial charge is 0.481 e. The molecular weight excluding hydrogens is 334 g/mol. The molecule has 0 spiro atoms. The quantitative estimate of drug-likeness (QED) is 0.773. The highest BCUT2D eigenvalue weighted by atomic mass is 16.7. The van der Waals surface area contributed by atoms with Crippen LogP contribution in [0.4, 0.5) is 0 Å². The lowest BCUT2D eigenvalue weighted by Crippen LogP contribution is -2.35. The van der Waals surface area contributed by atoms with Crippen molar-refractivity contribution in [2.75, 3.05) is 6.79 Å². The maximum absolute atomic E-state index is 12.2. The summed E-state index contributed by atoms with van der Waals surface area (Å²) in [5.41, 5.74) is 1.55. The first-order valence-electron chi connectivity index (χ1n) is 8.53. The van der Waals surface area contributed by atoms with E-state index in [1.165, 1.54) is 0 Å².